The summed E-state index contributed by atoms with van der Waals surface area (Å²) in [5.41, 5.74) is 9.58. The van der Waals surface area contributed by atoms with Crippen LogP contribution in [0.5, 0.6) is 0 Å². The summed E-state index contributed by atoms with van der Waals surface area (Å²) in [6, 6.07) is 26.1. The van der Waals surface area contributed by atoms with Gasteiger partial charge in [-0.3, -0.25) is 4.79 Å². The normalized spacial score (nSPS) is 17.8. The van der Waals surface area contributed by atoms with Crippen LogP contribution in [-0.4, -0.2) is 24.1 Å². The van der Waals surface area contributed by atoms with E-state index in [0.717, 1.165) is 17.5 Å². The lowest BCUT2D eigenvalue weighted by Crippen LogP contribution is -2.45. The highest BCUT2D eigenvalue weighted by Gasteiger charge is 2.34. The number of nitrogens with one attached hydrogen (secondary N) is 2. The minimum atomic E-state index is -0.780. The number of carbonyl (C=O) groups is 2. The Hall–Kier alpha value is -3.64. The van der Waals surface area contributed by atoms with Gasteiger partial charge >= 0.3 is 6.09 Å². The molecule has 1 unspecified atom stereocenters. The number of hydrogen-bond donors (Lipinski definition) is 3. The third kappa shape index (κ3) is 5.95. The summed E-state index contributed by atoms with van der Waals surface area (Å²) in [6.07, 6.45) is 0.713. The number of nitrogens with two attached hydrogens (primary N) is 1. The summed E-state index contributed by atoms with van der Waals surface area (Å²) < 4.78 is 5.31. The molecule has 3 atom stereocenters. The number of benzene rings is 3. The minimum Gasteiger partial charge on any atom is -0.445 e. The van der Waals surface area contributed by atoms with Gasteiger partial charge in [-0.15, -0.1) is 0 Å². The molecule has 4 N–H and O–H groups in total. The minimum absolute atomic E-state index is 0.136. The smallest absolute Gasteiger partial charge is 0.408 e. The van der Waals surface area contributed by atoms with Gasteiger partial charge in [0.2, 0.25) is 5.91 Å². The van der Waals surface area contributed by atoms with Crippen LogP contribution in [0.25, 0.3) is 0 Å². The maximum absolute atomic E-state index is 13.0. The summed E-state index contributed by atoms with van der Waals surface area (Å²) in [5, 5.41) is 5.61. The SMILES string of the molecule is N[C@H]1C[C@H]1c1ccc(NC(=O)C(Cc2ccccc2)NC(=O)OCc2ccccc2)cc1. The van der Waals surface area contributed by atoms with E-state index in [2.05, 4.69) is 10.6 Å². The lowest BCUT2D eigenvalue weighted by atomic mass is 10.1. The van der Waals surface area contributed by atoms with Crippen LogP contribution in [-0.2, 0) is 22.6 Å². The van der Waals surface area contributed by atoms with Crippen molar-refractivity contribution >= 4 is 17.7 Å². The van der Waals surface area contributed by atoms with Gasteiger partial charge in [-0.25, -0.2) is 4.79 Å². The van der Waals surface area contributed by atoms with Crippen LogP contribution >= 0.6 is 0 Å². The number of anilines is 1. The molecular formula is C26H27N3O3. The van der Waals surface area contributed by atoms with E-state index in [1.165, 1.54) is 5.56 Å². The first kappa shape index (κ1) is 21.6. The zero-order valence-electron chi connectivity index (χ0n) is 17.7. The molecule has 0 spiro atoms. The molecule has 6 nitrogen and oxygen atoms in total. The number of ether oxygens (including phenoxy) is 1. The fraction of sp³-hybridized carbons (Fsp3) is 0.231. The van der Waals surface area contributed by atoms with Gasteiger partial charge in [0.25, 0.3) is 0 Å². The molecule has 0 heterocycles. The number of rotatable bonds is 8. The molecular weight excluding hydrogens is 402 g/mol. The highest BCUT2D eigenvalue weighted by atomic mass is 16.5. The van der Waals surface area contributed by atoms with Gasteiger partial charge in [0.1, 0.15) is 12.6 Å². The molecule has 2 amide bonds. The van der Waals surface area contributed by atoms with Crippen molar-refractivity contribution in [2.45, 2.75) is 37.5 Å². The fourth-order valence-corrected chi connectivity index (χ4v) is 3.61. The summed E-state index contributed by atoms with van der Waals surface area (Å²) in [4.78, 5) is 25.4. The molecule has 0 aliphatic heterocycles. The molecule has 164 valence electrons. The zero-order valence-corrected chi connectivity index (χ0v) is 17.7. The third-order valence-corrected chi connectivity index (χ3v) is 5.55. The third-order valence-electron chi connectivity index (χ3n) is 5.55. The van der Waals surface area contributed by atoms with Gasteiger partial charge < -0.3 is 21.1 Å². The van der Waals surface area contributed by atoms with Crippen LogP contribution in [0.15, 0.2) is 84.9 Å². The lowest BCUT2D eigenvalue weighted by Gasteiger charge is -2.19. The van der Waals surface area contributed by atoms with Crippen LogP contribution in [0.3, 0.4) is 0 Å². The van der Waals surface area contributed by atoms with Gasteiger partial charge in [-0.2, -0.15) is 0 Å². The maximum Gasteiger partial charge on any atom is 0.408 e. The Bertz CT molecular complexity index is 1040. The molecule has 3 aromatic carbocycles. The van der Waals surface area contributed by atoms with E-state index >= 15 is 0 Å². The van der Waals surface area contributed by atoms with Crippen molar-refractivity contribution in [2.24, 2.45) is 5.73 Å². The molecule has 1 fully saturated rings. The topological polar surface area (TPSA) is 93.5 Å². The Labute approximate surface area is 187 Å². The molecule has 0 radical (unpaired) electrons. The van der Waals surface area contributed by atoms with Crippen molar-refractivity contribution < 1.29 is 14.3 Å². The molecule has 6 heteroatoms. The fourth-order valence-electron chi connectivity index (χ4n) is 3.61. The summed E-state index contributed by atoms with van der Waals surface area (Å²) >= 11 is 0. The molecule has 0 saturated heterocycles. The summed E-state index contributed by atoms with van der Waals surface area (Å²) in [7, 11) is 0. The van der Waals surface area contributed by atoms with E-state index in [-0.39, 0.29) is 18.6 Å². The monoisotopic (exact) mass is 429 g/mol. The Morgan fingerprint density at radius 2 is 1.50 bits per heavy atom. The highest BCUT2D eigenvalue weighted by molar-refractivity contribution is 5.96. The molecule has 0 aromatic heterocycles. The quantitative estimate of drug-likeness (QED) is 0.505. The summed E-state index contributed by atoms with van der Waals surface area (Å²) in [5.74, 6) is 0.105. The number of hydrogen-bond acceptors (Lipinski definition) is 4. The second-order valence-corrected chi connectivity index (χ2v) is 8.07. The van der Waals surface area contributed by atoms with E-state index in [1.807, 2.05) is 84.9 Å². The van der Waals surface area contributed by atoms with Crippen LogP contribution in [0, 0.1) is 0 Å². The van der Waals surface area contributed by atoms with Crippen LogP contribution in [0.2, 0.25) is 0 Å². The molecule has 1 aliphatic carbocycles. The Morgan fingerprint density at radius 3 is 2.09 bits per heavy atom. The average Bonchev–Trinajstić information content (AvgIpc) is 3.55. The first-order valence-electron chi connectivity index (χ1n) is 10.8. The van der Waals surface area contributed by atoms with Crippen LogP contribution in [0.4, 0.5) is 10.5 Å². The second kappa shape index (κ2) is 10.1. The van der Waals surface area contributed by atoms with E-state index in [1.54, 1.807) is 0 Å². The Balaban J connectivity index is 1.39. The molecule has 0 bridgehead atoms. The predicted molar refractivity (Wildman–Crippen MR) is 124 cm³/mol. The highest BCUT2D eigenvalue weighted by Crippen LogP contribution is 2.39. The van der Waals surface area contributed by atoms with Crippen molar-refractivity contribution in [3.05, 3.63) is 102 Å². The summed E-state index contributed by atoms with van der Waals surface area (Å²) in [6.45, 7) is 0.136. The Morgan fingerprint density at radius 1 is 0.906 bits per heavy atom. The largest absolute Gasteiger partial charge is 0.445 e. The number of carbonyl (C=O) groups excluding carboxylic acids is 2. The van der Waals surface area contributed by atoms with Gasteiger partial charge in [0.15, 0.2) is 0 Å². The predicted octanol–water partition coefficient (Wildman–Crippen LogP) is 3.98. The van der Waals surface area contributed by atoms with Gasteiger partial charge in [-0.05, 0) is 35.2 Å². The molecule has 3 aromatic rings. The van der Waals surface area contributed by atoms with E-state index in [4.69, 9.17) is 10.5 Å². The number of alkyl carbamates (subject to hydrolysis) is 1. The zero-order chi connectivity index (χ0) is 22.3. The van der Waals surface area contributed by atoms with Crippen molar-refractivity contribution in [1.29, 1.82) is 0 Å². The van der Waals surface area contributed by atoms with Crippen molar-refractivity contribution in [1.82, 2.24) is 5.32 Å². The van der Waals surface area contributed by atoms with Crippen molar-refractivity contribution in [3.63, 3.8) is 0 Å². The van der Waals surface area contributed by atoms with E-state index in [0.29, 0.717) is 18.0 Å². The molecule has 1 aliphatic rings. The maximum atomic E-state index is 13.0. The lowest BCUT2D eigenvalue weighted by molar-refractivity contribution is -0.118. The standard InChI is InChI=1S/C26H27N3O3/c27-23-16-22(23)20-11-13-21(14-12-20)28-25(30)24(15-18-7-3-1-4-8-18)29-26(31)32-17-19-9-5-2-6-10-19/h1-14,22-24H,15-17,27H2,(H,28,30)(H,29,31)/t22-,23-,24?/m0/s1. The number of amides is 2. The van der Waals surface area contributed by atoms with E-state index < -0.39 is 12.1 Å². The molecule has 32 heavy (non-hydrogen) atoms. The molecule has 1 saturated carbocycles. The van der Waals surface area contributed by atoms with Gasteiger partial charge in [0.05, 0.1) is 0 Å². The van der Waals surface area contributed by atoms with Crippen LogP contribution in [0.1, 0.15) is 29.0 Å². The van der Waals surface area contributed by atoms with Crippen molar-refractivity contribution in [3.8, 4) is 0 Å². The van der Waals surface area contributed by atoms with Crippen LogP contribution < -0.4 is 16.4 Å². The first-order chi connectivity index (χ1) is 15.6. The van der Waals surface area contributed by atoms with Crippen molar-refractivity contribution in [2.75, 3.05) is 5.32 Å². The van der Waals surface area contributed by atoms with Gasteiger partial charge in [-0.1, -0.05) is 72.8 Å². The Kier molecular flexibility index (Phi) is 6.82. The molecule has 4 rings (SSSR count). The average molecular weight is 430 g/mol. The van der Waals surface area contributed by atoms with E-state index in [9.17, 15) is 9.59 Å². The second-order valence-electron chi connectivity index (χ2n) is 8.07. The first-order valence-corrected chi connectivity index (χ1v) is 10.8. The van der Waals surface area contributed by atoms with Gasteiger partial charge in [0, 0.05) is 24.1 Å².